The molecule has 0 atom stereocenters. The highest BCUT2D eigenvalue weighted by Crippen LogP contribution is 2.05. The maximum atomic E-state index is 8.67. The summed E-state index contributed by atoms with van der Waals surface area (Å²) >= 11 is 0. The molecule has 18 heavy (non-hydrogen) atoms. The summed E-state index contributed by atoms with van der Waals surface area (Å²) in [6.07, 6.45) is 3.11. The highest BCUT2D eigenvalue weighted by atomic mass is 16.5. The van der Waals surface area contributed by atoms with Crippen LogP contribution in [0.25, 0.3) is 0 Å². The molecule has 0 amide bonds. The van der Waals surface area contributed by atoms with Gasteiger partial charge in [-0.3, -0.25) is 4.98 Å². The molecule has 0 aliphatic rings. The lowest BCUT2D eigenvalue weighted by Gasteiger charge is -2.07. The molecule has 0 aromatic carbocycles. The van der Waals surface area contributed by atoms with Gasteiger partial charge in [0.2, 0.25) is 0 Å². The monoisotopic (exact) mass is 247 g/mol. The summed E-state index contributed by atoms with van der Waals surface area (Å²) in [4.78, 5) is 4.08. The zero-order valence-electron chi connectivity index (χ0n) is 9.58. The summed E-state index contributed by atoms with van der Waals surface area (Å²) in [6.45, 7) is 1.10. The summed E-state index contributed by atoms with van der Waals surface area (Å²) in [5.74, 6) is -0.00571. The van der Waals surface area contributed by atoms with Crippen LogP contribution in [0.2, 0.25) is 0 Å². The molecule has 2 heterocycles. The van der Waals surface area contributed by atoms with E-state index >= 15 is 0 Å². The number of amidine groups is 1. The molecule has 0 aliphatic carbocycles. The number of hydrogen-bond donors (Lipinski definition) is 3. The van der Waals surface area contributed by atoms with Gasteiger partial charge < -0.3 is 20.8 Å². The van der Waals surface area contributed by atoms with Gasteiger partial charge in [0.25, 0.3) is 0 Å². The lowest BCUT2D eigenvalue weighted by Crippen LogP contribution is -2.21. The van der Waals surface area contributed by atoms with E-state index in [2.05, 4.69) is 20.6 Å². The lowest BCUT2D eigenvalue weighted by molar-refractivity contribution is 0.318. The van der Waals surface area contributed by atoms with Gasteiger partial charge in [0.05, 0.1) is 5.69 Å². The van der Waals surface area contributed by atoms with E-state index in [1.807, 2.05) is 6.07 Å². The first-order chi connectivity index (χ1) is 8.81. The van der Waals surface area contributed by atoms with E-state index in [-0.39, 0.29) is 5.84 Å². The molecule has 0 saturated carbocycles. The second-order valence-electron chi connectivity index (χ2n) is 3.59. The fourth-order valence-corrected chi connectivity index (χ4v) is 1.51. The van der Waals surface area contributed by atoms with E-state index in [1.165, 1.54) is 6.26 Å². The van der Waals surface area contributed by atoms with Crippen molar-refractivity contribution in [3.05, 3.63) is 47.6 Å². The zero-order chi connectivity index (χ0) is 12.8. The van der Waals surface area contributed by atoms with Crippen LogP contribution in [0.4, 0.5) is 0 Å². The summed E-state index contributed by atoms with van der Waals surface area (Å²) in [7, 11) is 0. The van der Waals surface area contributed by atoms with Crippen LogP contribution in [0, 0.1) is 0 Å². The normalized spacial score (nSPS) is 11.7. The molecule has 2 aromatic rings. The van der Waals surface area contributed by atoms with Crippen molar-refractivity contribution in [1.82, 2.24) is 15.5 Å². The third-order valence-corrected chi connectivity index (χ3v) is 2.35. The average molecular weight is 247 g/mol. The second-order valence-corrected chi connectivity index (χ2v) is 3.59. The van der Waals surface area contributed by atoms with Crippen molar-refractivity contribution in [2.24, 2.45) is 10.9 Å². The highest BCUT2D eigenvalue weighted by molar-refractivity contribution is 5.96. The molecule has 0 unspecified atom stereocenters. The summed E-state index contributed by atoms with van der Waals surface area (Å²) in [6, 6.07) is 5.43. The van der Waals surface area contributed by atoms with Gasteiger partial charge in [0, 0.05) is 25.4 Å². The molecule has 0 radical (unpaired) electrons. The third-order valence-electron chi connectivity index (χ3n) is 2.35. The van der Waals surface area contributed by atoms with Gasteiger partial charge in [0.1, 0.15) is 12.0 Å². The van der Waals surface area contributed by atoms with Gasteiger partial charge in [0.15, 0.2) is 5.84 Å². The van der Waals surface area contributed by atoms with Gasteiger partial charge in [-0.2, -0.15) is 0 Å². The van der Waals surface area contributed by atoms with Gasteiger partial charge in [-0.1, -0.05) is 16.4 Å². The summed E-state index contributed by atoms with van der Waals surface area (Å²) < 4.78 is 4.72. The van der Waals surface area contributed by atoms with E-state index in [1.54, 1.807) is 18.3 Å². The van der Waals surface area contributed by atoms with Crippen LogP contribution in [0.1, 0.15) is 17.0 Å². The van der Waals surface area contributed by atoms with Gasteiger partial charge in [-0.25, -0.2) is 0 Å². The van der Waals surface area contributed by atoms with E-state index in [0.717, 1.165) is 11.3 Å². The minimum atomic E-state index is -0.00571. The maximum absolute atomic E-state index is 8.67. The van der Waals surface area contributed by atoms with Crippen LogP contribution in [-0.2, 0) is 13.1 Å². The first-order valence-electron chi connectivity index (χ1n) is 5.33. The molecule has 2 rings (SSSR count). The van der Waals surface area contributed by atoms with Gasteiger partial charge in [-0.15, -0.1) is 0 Å². The Bertz CT molecular complexity index is 524. The first-order valence-corrected chi connectivity index (χ1v) is 5.33. The smallest absolute Gasteiger partial charge is 0.189 e. The Morgan fingerprint density at radius 1 is 1.44 bits per heavy atom. The highest BCUT2D eigenvalue weighted by Gasteiger charge is 2.07. The predicted octanol–water partition coefficient (Wildman–Crippen LogP) is 0.454. The van der Waals surface area contributed by atoms with Crippen LogP contribution < -0.4 is 11.1 Å². The van der Waals surface area contributed by atoms with Crippen molar-refractivity contribution in [3.8, 4) is 0 Å². The quantitative estimate of drug-likeness (QED) is 0.306. The topological polar surface area (TPSA) is 110 Å². The number of pyridine rings is 1. The predicted molar refractivity (Wildman–Crippen MR) is 63.8 cm³/mol. The van der Waals surface area contributed by atoms with Crippen LogP contribution >= 0.6 is 0 Å². The Morgan fingerprint density at radius 3 is 3.06 bits per heavy atom. The molecule has 7 nitrogen and oxygen atoms in total. The average Bonchev–Trinajstić information content (AvgIpc) is 2.92. The van der Waals surface area contributed by atoms with Crippen LogP contribution in [-0.4, -0.2) is 21.2 Å². The van der Waals surface area contributed by atoms with E-state index in [4.69, 9.17) is 15.5 Å². The third kappa shape index (κ3) is 2.83. The van der Waals surface area contributed by atoms with Crippen molar-refractivity contribution in [3.63, 3.8) is 0 Å². The van der Waals surface area contributed by atoms with E-state index < -0.39 is 0 Å². The Labute approximate surface area is 103 Å². The molecule has 0 saturated heterocycles. The molecule has 0 spiro atoms. The molecular weight excluding hydrogens is 234 g/mol. The summed E-state index contributed by atoms with van der Waals surface area (Å²) in [5, 5.41) is 18.6. The number of rotatable bonds is 5. The summed E-state index contributed by atoms with van der Waals surface area (Å²) in [5.41, 5.74) is 7.66. The Kier molecular flexibility index (Phi) is 3.87. The van der Waals surface area contributed by atoms with Crippen molar-refractivity contribution < 1.29 is 9.73 Å². The number of nitrogens with two attached hydrogens (primary N) is 1. The molecule has 4 N–H and O–H groups in total. The van der Waals surface area contributed by atoms with Crippen molar-refractivity contribution >= 4 is 5.84 Å². The minimum absolute atomic E-state index is 0.00571. The van der Waals surface area contributed by atoms with E-state index in [0.29, 0.717) is 18.8 Å². The standard InChI is InChI=1S/C11H13N5O2/c12-11(15-17)10-8(2-1-4-14-10)6-13-7-9-3-5-18-16-9/h1-5,13,17H,6-7H2,(H2,12,15). The van der Waals surface area contributed by atoms with E-state index in [9.17, 15) is 0 Å². The fraction of sp³-hybridized carbons (Fsp3) is 0.182. The first kappa shape index (κ1) is 12.1. The molecule has 0 fully saturated rings. The molecular formula is C11H13N5O2. The Hall–Kier alpha value is -2.41. The SMILES string of the molecule is N/C(=N/O)c1ncccc1CNCc1ccon1. The second kappa shape index (κ2) is 5.78. The Balaban J connectivity index is 2.01. The van der Waals surface area contributed by atoms with Gasteiger partial charge in [-0.05, 0) is 11.6 Å². The fourth-order valence-electron chi connectivity index (χ4n) is 1.51. The van der Waals surface area contributed by atoms with Crippen molar-refractivity contribution in [2.45, 2.75) is 13.1 Å². The largest absolute Gasteiger partial charge is 0.409 e. The number of oxime groups is 1. The van der Waals surface area contributed by atoms with Gasteiger partial charge >= 0.3 is 0 Å². The number of aromatic nitrogens is 2. The number of nitrogens with zero attached hydrogens (tertiary/aromatic N) is 3. The maximum Gasteiger partial charge on any atom is 0.189 e. The molecule has 0 aliphatic heterocycles. The Morgan fingerprint density at radius 2 is 2.33 bits per heavy atom. The van der Waals surface area contributed by atoms with Crippen LogP contribution in [0.3, 0.4) is 0 Å². The molecule has 2 aromatic heterocycles. The molecule has 94 valence electrons. The van der Waals surface area contributed by atoms with Crippen LogP contribution in [0.15, 0.2) is 40.3 Å². The number of hydrogen-bond acceptors (Lipinski definition) is 6. The van der Waals surface area contributed by atoms with Crippen molar-refractivity contribution in [1.29, 1.82) is 0 Å². The van der Waals surface area contributed by atoms with Crippen LogP contribution in [0.5, 0.6) is 0 Å². The molecule has 0 bridgehead atoms. The van der Waals surface area contributed by atoms with Crippen molar-refractivity contribution in [2.75, 3.05) is 0 Å². The molecule has 7 heteroatoms. The zero-order valence-corrected chi connectivity index (χ0v) is 9.58. The lowest BCUT2D eigenvalue weighted by atomic mass is 10.2. The minimum Gasteiger partial charge on any atom is -0.409 e. The number of nitrogens with one attached hydrogen (secondary N) is 1.